The molecule has 0 bridgehead atoms. The number of hydrogen-bond acceptors (Lipinski definition) is 8. The minimum atomic E-state index is -0.530. The van der Waals surface area contributed by atoms with Crippen molar-refractivity contribution >= 4 is 51.5 Å². The predicted octanol–water partition coefficient (Wildman–Crippen LogP) is 3.47. The van der Waals surface area contributed by atoms with Gasteiger partial charge >= 0.3 is 6.03 Å². The van der Waals surface area contributed by atoms with Crippen LogP contribution in [0, 0.1) is 5.82 Å². The zero-order valence-electron chi connectivity index (χ0n) is 14.5. The van der Waals surface area contributed by atoms with Gasteiger partial charge in [0, 0.05) is 11.4 Å². The van der Waals surface area contributed by atoms with Crippen LogP contribution >= 0.6 is 34.4 Å². The first kappa shape index (κ1) is 20.2. The van der Waals surface area contributed by atoms with E-state index in [4.69, 9.17) is 0 Å². The lowest BCUT2D eigenvalue weighted by Crippen LogP contribution is -2.39. The molecule has 11 heteroatoms. The van der Waals surface area contributed by atoms with Crippen LogP contribution in [0.1, 0.15) is 10.4 Å². The summed E-state index contributed by atoms with van der Waals surface area (Å²) < 4.78 is 13.5. The molecule has 28 heavy (non-hydrogen) atoms. The molecule has 0 saturated carbocycles. The molecular weight excluding hydrogens is 421 g/mol. The zero-order chi connectivity index (χ0) is 19.8. The summed E-state index contributed by atoms with van der Waals surface area (Å²) in [4.78, 5) is 24.6. The first-order valence-corrected chi connectivity index (χ1v) is 10.8. The number of carbonyl (C=O) groups excluding carboxylic acids is 2. The van der Waals surface area contributed by atoms with Crippen molar-refractivity contribution in [1.29, 1.82) is 0 Å². The van der Waals surface area contributed by atoms with Gasteiger partial charge < -0.3 is 10.6 Å². The Morgan fingerprint density at radius 1 is 1.11 bits per heavy atom. The molecule has 3 rings (SSSR count). The summed E-state index contributed by atoms with van der Waals surface area (Å²) in [6.45, 7) is 0.869. The number of thiophene rings is 1. The Morgan fingerprint density at radius 2 is 1.93 bits per heavy atom. The molecule has 146 valence electrons. The molecule has 0 spiro atoms. The standard InChI is InChI=1S/C17H16FN5O2S3/c18-12-5-3-11(4-6-12)8-20-16-22-23-17(28-16)27-10-14(24)21-15(25)19-9-13-2-1-7-26-13/h1-7H,8-10H2,(H,20,22)(H2,19,21,24,25). The molecule has 3 amide bonds. The van der Waals surface area contributed by atoms with Gasteiger partial charge in [-0.15, -0.1) is 21.5 Å². The number of carbonyl (C=O) groups is 2. The summed E-state index contributed by atoms with van der Waals surface area (Å²) in [5.41, 5.74) is 0.916. The fraction of sp³-hybridized carbons (Fsp3) is 0.176. The number of aromatic nitrogens is 2. The van der Waals surface area contributed by atoms with Gasteiger partial charge in [0.05, 0.1) is 12.3 Å². The second-order valence-electron chi connectivity index (χ2n) is 5.45. The predicted molar refractivity (Wildman–Crippen MR) is 109 cm³/mol. The van der Waals surface area contributed by atoms with Gasteiger partial charge in [0.1, 0.15) is 5.82 Å². The highest BCUT2D eigenvalue weighted by Gasteiger charge is 2.11. The number of nitrogens with one attached hydrogen (secondary N) is 3. The number of anilines is 1. The highest BCUT2D eigenvalue weighted by molar-refractivity contribution is 8.01. The number of rotatable bonds is 8. The minimum Gasteiger partial charge on any atom is -0.356 e. The van der Waals surface area contributed by atoms with Gasteiger partial charge in [0.2, 0.25) is 11.0 Å². The number of amides is 3. The normalized spacial score (nSPS) is 10.5. The molecule has 0 aliphatic carbocycles. The molecule has 7 nitrogen and oxygen atoms in total. The third kappa shape index (κ3) is 6.59. The minimum absolute atomic E-state index is 0.0546. The second-order valence-corrected chi connectivity index (χ2v) is 8.68. The SMILES string of the molecule is O=C(CSc1nnc(NCc2ccc(F)cc2)s1)NC(=O)NCc1cccs1. The molecule has 0 unspecified atom stereocenters. The first-order valence-electron chi connectivity index (χ1n) is 8.13. The Hall–Kier alpha value is -2.50. The number of halogens is 1. The molecule has 2 aromatic heterocycles. The first-order chi connectivity index (χ1) is 13.6. The van der Waals surface area contributed by atoms with Crippen molar-refractivity contribution in [2.24, 2.45) is 0 Å². The van der Waals surface area contributed by atoms with E-state index in [1.807, 2.05) is 17.5 Å². The fourth-order valence-electron chi connectivity index (χ4n) is 2.03. The summed E-state index contributed by atoms with van der Waals surface area (Å²) in [6.07, 6.45) is 0. The van der Waals surface area contributed by atoms with Crippen LogP contribution in [-0.4, -0.2) is 27.9 Å². The van der Waals surface area contributed by atoms with E-state index >= 15 is 0 Å². The summed E-state index contributed by atoms with van der Waals surface area (Å²) in [5.74, 6) is -0.638. The largest absolute Gasteiger partial charge is 0.356 e. The van der Waals surface area contributed by atoms with Crippen LogP contribution in [0.2, 0.25) is 0 Å². The molecule has 3 N–H and O–H groups in total. The maximum atomic E-state index is 12.9. The van der Waals surface area contributed by atoms with Crippen molar-refractivity contribution in [2.75, 3.05) is 11.1 Å². The zero-order valence-corrected chi connectivity index (χ0v) is 16.9. The number of benzene rings is 1. The van der Waals surface area contributed by atoms with Gasteiger partial charge in [-0.2, -0.15) is 0 Å². The molecule has 0 fully saturated rings. The molecule has 0 saturated heterocycles. The summed E-state index contributed by atoms with van der Waals surface area (Å²) in [7, 11) is 0. The van der Waals surface area contributed by atoms with E-state index in [9.17, 15) is 14.0 Å². The number of hydrogen-bond donors (Lipinski definition) is 3. The molecule has 1 aromatic carbocycles. The van der Waals surface area contributed by atoms with Crippen molar-refractivity contribution in [2.45, 2.75) is 17.4 Å². The van der Waals surface area contributed by atoms with Crippen molar-refractivity contribution < 1.29 is 14.0 Å². The molecule has 0 aliphatic rings. The summed E-state index contributed by atoms with van der Waals surface area (Å²) in [6, 6.07) is 9.44. The second kappa shape index (κ2) is 10.2. The van der Waals surface area contributed by atoms with Crippen LogP contribution < -0.4 is 16.0 Å². The molecule has 0 radical (unpaired) electrons. The smallest absolute Gasteiger partial charge is 0.321 e. The van der Waals surface area contributed by atoms with Crippen molar-refractivity contribution in [3.05, 3.63) is 58.0 Å². The number of thioether (sulfide) groups is 1. The van der Waals surface area contributed by atoms with E-state index < -0.39 is 11.9 Å². The number of nitrogens with zero attached hydrogens (tertiary/aromatic N) is 2. The molecule has 0 atom stereocenters. The van der Waals surface area contributed by atoms with Crippen LogP contribution in [0.3, 0.4) is 0 Å². The lowest BCUT2D eigenvalue weighted by atomic mass is 10.2. The van der Waals surface area contributed by atoms with E-state index in [1.165, 1.54) is 46.6 Å². The molecular formula is C17H16FN5O2S3. The van der Waals surface area contributed by atoms with E-state index in [-0.39, 0.29) is 11.6 Å². The van der Waals surface area contributed by atoms with Gasteiger partial charge in [-0.25, -0.2) is 9.18 Å². The van der Waals surface area contributed by atoms with Gasteiger partial charge in [-0.1, -0.05) is 41.3 Å². The summed E-state index contributed by atoms with van der Waals surface area (Å²) >= 11 is 4.03. The van der Waals surface area contributed by atoms with Crippen LogP contribution in [0.5, 0.6) is 0 Å². The third-order valence-corrected chi connectivity index (χ3v) is 6.24. The average Bonchev–Trinajstić information content (AvgIpc) is 3.36. The van der Waals surface area contributed by atoms with Crippen LogP contribution in [0.15, 0.2) is 46.1 Å². The molecule has 0 aliphatic heterocycles. The Kier molecular flexibility index (Phi) is 7.34. The lowest BCUT2D eigenvalue weighted by molar-refractivity contribution is -0.117. The van der Waals surface area contributed by atoms with Gasteiger partial charge in [-0.05, 0) is 29.1 Å². The Morgan fingerprint density at radius 3 is 2.68 bits per heavy atom. The van der Waals surface area contributed by atoms with Gasteiger partial charge in [0.15, 0.2) is 4.34 Å². The molecule has 3 aromatic rings. The Balaban J connectivity index is 1.36. The van der Waals surface area contributed by atoms with Crippen molar-refractivity contribution in [3.63, 3.8) is 0 Å². The van der Waals surface area contributed by atoms with Gasteiger partial charge in [-0.3, -0.25) is 10.1 Å². The third-order valence-electron chi connectivity index (χ3n) is 3.35. The average molecular weight is 438 g/mol. The monoisotopic (exact) mass is 437 g/mol. The highest BCUT2D eigenvalue weighted by Crippen LogP contribution is 2.25. The van der Waals surface area contributed by atoms with Crippen molar-refractivity contribution in [3.8, 4) is 0 Å². The summed E-state index contributed by atoms with van der Waals surface area (Å²) in [5, 5.41) is 18.5. The molecule has 2 heterocycles. The quantitative estimate of drug-likeness (QED) is 0.467. The maximum absolute atomic E-state index is 12.9. The van der Waals surface area contributed by atoms with E-state index in [1.54, 1.807) is 12.1 Å². The van der Waals surface area contributed by atoms with Crippen LogP contribution in [0.25, 0.3) is 0 Å². The highest BCUT2D eigenvalue weighted by atomic mass is 32.2. The fourth-order valence-corrected chi connectivity index (χ4v) is 4.23. The van der Waals surface area contributed by atoms with E-state index in [0.717, 1.165) is 10.4 Å². The maximum Gasteiger partial charge on any atom is 0.321 e. The number of imide groups is 1. The topological polar surface area (TPSA) is 96.0 Å². The Bertz CT molecular complexity index is 915. The van der Waals surface area contributed by atoms with E-state index in [0.29, 0.717) is 22.6 Å². The van der Waals surface area contributed by atoms with Gasteiger partial charge in [0.25, 0.3) is 0 Å². The van der Waals surface area contributed by atoms with Crippen LogP contribution in [-0.2, 0) is 17.9 Å². The lowest BCUT2D eigenvalue weighted by Gasteiger charge is -2.04. The van der Waals surface area contributed by atoms with E-state index in [2.05, 4.69) is 26.1 Å². The van der Waals surface area contributed by atoms with Crippen LogP contribution in [0.4, 0.5) is 14.3 Å². The number of urea groups is 1. The Labute approximate surface area is 172 Å². The van der Waals surface area contributed by atoms with Crippen molar-refractivity contribution in [1.82, 2.24) is 20.8 Å².